The van der Waals surface area contributed by atoms with Crippen LogP contribution in [0.25, 0.3) is 0 Å². The Bertz CT molecular complexity index is 489. The highest BCUT2D eigenvalue weighted by Crippen LogP contribution is 2.33. The molecule has 0 aliphatic carbocycles. The van der Waals surface area contributed by atoms with Crippen molar-refractivity contribution < 1.29 is 4.39 Å². The van der Waals surface area contributed by atoms with Gasteiger partial charge in [-0.15, -0.1) is 0 Å². The number of benzene rings is 1. The summed E-state index contributed by atoms with van der Waals surface area (Å²) in [5.74, 6) is -0.214. The zero-order valence-corrected chi connectivity index (χ0v) is 11.7. The van der Waals surface area contributed by atoms with Gasteiger partial charge in [0.05, 0.1) is 11.4 Å². The normalized spacial score (nSPS) is 27.6. The Morgan fingerprint density at radius 3 is 2.89 bits per heavy atom. The van der Waals surface area contributed by atoms with Crippen LogP contribution < -0.4 is 10.6 Å². The van der Waals surface area contributed by atoms with Gasteiger partial charge < -0.3 is 10.6 Å². The summed E-state index contributed by atoms with van der Waals surface area (Å²) in [5.41, 5.74) is 8.25. The van der Waals surface area contributed by atoms with E-state index < -0.39 is 0 Å². The molecule has 0 radical (unpaired) electrons. The Hall–Kier alpha value is -1.29. The van der Waals surface area contributed by atoms with Crippen LogP contribution in [0, 0.1) is 12.7 Å². The number of aryl methyl sites for hydroxylation is 1. The molecule has 2 fully saturated rings. The minimum atomic E-state index is -0.214. The molecular formula is C15H22FN3. The van der Waals surface area contributed by atoms with Gasteiger partial charge in [0.1, 0.15) is 5.82 Å². The number of nitrogens with two attached hydrogens (primary N) is 1. The lowest BCUT2D eigenvalue weighted by atomic mass is 10.0. The van der Waals surface area contributed by atoms with Gasteiger partial charge in [0, 0.05) is 25.2 Å². The molecule has 19 heavy (non-hydrogen) atoms. The summed E-state index contributed by atoms with van der Waals surface area (Å²) in [6.07, 6.45) is 2.56. The quantitative estimate of drug-likeness (QED) is 0.790. The molecule has 2 saturated heterocycles. The highest BCUT2D eigenvalue weighted by molar-refractivity contribution is 5.69. The van der Waals surface area contributed by atoms with Crippen molar-refractivity contribution in [2.45, 2.75) is 38.8 Å². The summed E-state index contributed by atoms with van der Waals surface area (Å²) in [6.45, 7) is 7.35. The molecule has 2 atom stereocenters. The summed E-state index contributed by atoms with van der Waals surface area (Å²) in [5, 5.41) is 0. The molecule has 0 bridgehead atoms. The van der Waals surface area contributed by atoms with Crippen molar-refractivity contribution in [2.24, 2.45) is 0 Å². The summed E-state index contributed by atoms with van der Waals surface area (Å²) >= 11 is 0. The molecule has 2 N–H and O–H groups in total. The maximum absolute atomic E-state index is 13.5. The molecule has 104 valence electrons. The monoisotopic (exact) mass is 263 g/mol. The molecule has 2 heterocycles. The summed E-state index contributed by atoms with van der Waals surface area (Å²) in [6, 6.07) is 4.42. The number of hydrogen-bond donors (Lipinski definition) is 1. The lowest BCUT2D eigenvalue weighted by Crippen LogP contribution is -2.55. The molecular weight excluding hydrogens is 241 g/mol. The molecule has 2 unspecified atom stereocenters. The highest BCUT2D eigenvalue weighted by atomic mass is 19.1. The first-order valence-corrected chi connectivity index (χ1v) is 7.12. The van der Waals surface area contributed by atoms with E-state index in [1.54, 1.807) is 6.92 Å². The molecule has 0 amide bonds. The average Bonchev–Trinajstić information content (AvgIpc) is 2.80. The molecule has 0 spiro atoms. The van der Waals surface area contributed by atoms with Crippen LogP contribution in [-0.4, -0.2) is 36.6 Å². The predicted octanol–water partition coefficient (Wildman–Crippen LogP) is 2.39. The van der Waals surface area contributed by atoms with Crippen LogP contribution in [0.3, 0.4) is 0 Å². The van der Waals surface area contributed by atoms with Gasteiger partial charge in [0.25, 0.3) is 0 Å². The molecule has 3 nitrogen and oxygen atoms in total. The van der Waals surface area contributed by atoms with E-state index in [-0.39, 0.29) is 5.82 Å². The van der Waals surface area contributed by atoms with Crippen LogP contribution >= 0.6 is 0 Å². The van der Waals surface area contributed by atoms with Crippen molar-refractivity contribution in [1.29, 1.82) is 0 Å². The van der Waals surface area contributed by atoms with E-state index in [2.05, 4.69) is 16.7 Å². The van der Waals surface area contributed by atoms with Crippen LogP contribution in [0.2, 0.25) is 0 Å². The minimum absolute atomic E-state index is 0.214. The number of halogens is 1. The first kappa shape index (κ1) is 12.7. The largest absolute Gasteiger partial charge is 0.397 e. The Kier molecular flexibility index (Phi) is 3.13. The first-order chi connectivity index (χ1) is 9.06. The number of nitrogen functional groups attached to an aromatic ring is 1. The second kappa shape index (κ2) is 4.67. The summed E-state index contributed by atoms with van der Waals surface area (Å²) < 4.78 is 13.5. The van der Waals surface area contributed by atoms with Crippen molar-refractivity contribution >= 4 is 11.4 Å². The molecule has 3 rings (SSSR count). The van der Waals surface area contributed by atoms with E-state index in [9.17, 15) is 4.39 Å². The maximum atomic E-state index is 13.5. The van der Waals surface area contributed by atoms with Crippen LogP contribution in [-0.2, 0) is 0 Å². The van der Waals surface area contributed by atoms with Gasteiger partial charge in [0.2, 0.25) is 0 Å². The lowest BCUT2D eigenvalue weighted by molar-refractivity contribution is 0.203. The Morgan fingerprint density at radius 1 is 1.32 bits per heavy atom. The van der Waals surface area contributed by atoms with Crippen molar-refractivity contribution in [3.8, 4) is 0 Å². The van der Waals surface area contributed by atoms with Gasteiger partial charge in [-0.1, -0.05) is 0 Å². The number of anilines is 2. The highest BCUT2D eigenvalue weighted by Gasteiger charge is 2.35. The van der Waals surface area contributed by atoms with Crippen molar-refractivity contribution in [3.63, 3.8) is 0 Å². The molecule has 1 aromatic rings. The summed E-state index contributed by atoms with van der Waals surface area (Å²) in [4.78, 5) is 4.93. The fraction of sp³-hybridized carbons (Fsp3) is 0.600. The number of nitrogens with zero attached hydrogens (tertiary/aromatic N) is 2. The lowest BCUT2D eigenvalue weighted by Gasteiger charge is -2.44. The van der Waals surface area contributed by atoms with E-state index in [0.717, 1.165) is 18.8 Å². The van der Waals surface area contributed by atoms with Gasteiger partial charge >= 0.3 is 0 Å². The minimum Gasteiger partial charge on any atom is -0.397 e. The van der Waals surface area contributed by atoms with Crippen molar-refractivity contribution in [3.05, 3.63) is 23.5 Å². The van der Waals surface area contributed by atoms with E-state index in [0.29, 0.717) is 23.3 Å². The van der Waals surface area contributed by atoms with E-state index in [1.807, 2.05) is 6.07 Å². The zero-order valence-electron chi connectivity index (χ0n) is 11.7. The number of rotatable bonds is 1. The van der Waals surface area contributed by atoms with Gasteiger partial charge in [-0.05, 0) is 50.9 Å². The van der Waals surface area contributed by atoms with Gasteiger partial charge in [-0.3, -0.25) is 4.90 Å². The van der Waals surface area contributed by atoms with Crippen LogP contribution in [0.5, 0.6) is 0 Å². The fourth-order valence-electron chi connectivity index (χ4n) is 3.45. The Morgan fingerprint density at radius 2 is 2.11 bits per heavy atom. The molecule has 0 aromatic heterocycles. The van der Waals surface area contributed by atoms with Crippen molar-refractivity contribution in [2.75, 3.05) is 30.3 Å². The smallest absolute Gasteiger partial charge is 0.128 e. The van der Waals surface area contributed by atoms with E-state index >= 15 is 0 Å². The topological polar surface area (TPSA) is 32.5 Å². The number of fused-ring (bicyclic) bond motifs is 1. The molecule has 1 aromatic carbocycles. The second-order valence-corrected chi connectivity index (χ2v) is 5.95. The fourth-order valence-corrected chi connectivity index (χ4v) is 3.45. The molecule has 0 saturated carbocycles. The van der Waals surface area contributed by atoms with E-state index in [4.69, 9.17) is 5.73 Å². The van der Waals surface area contributed by atoms with Gasteiger partial charge in [0.15, 0.2) is 0 Å². The third-order valence-electron chi connectivity index (χ3n) is 4.55. The Labute approximate surface area is 114 Å². The van der Waals surface area contributed by atoms with Crippen molar-refractivity contribution in [1.82, 2.24) is 4.90 Å². The van der Waals surface area contributed by atoms with Crippen LogP contribution in [0.1, 0.15) is 25.3 Å². The van der Waals surface area contributed by atoms with Gasteiger partial charge in [-0.25, -0.2) is 4.39 Å². The zero-order chi connectivity index (χ0) is 13.6. The first-order valence-electron chi connectivity index (χ1n) is 7.12. The second-order valence-electron chi connectivity index (χ2n) is 5.95. The average molecular weight is 263 g/mol. The third kappa shape index (κ3) is 2.18. The predicted molar refractivity (Wildman–Crippen MR) is 77.0 cm³/mol. The SMILES string of the molecule is Cc1cc(N2CC3CCCN3CC2C)c(N)cc1F. The standard InChI is InChI=1S/C15H22FN3/c1-10-6-15(14(17)7-13(10)16)19-9-12-4-3-5-18(12)8-11(19)2/h6-7,11-12H,3-5,8-9,17H2,1-2H3. The van der Waals surface area contributed by atoms with Crippen LogP contribution in [0.15, 0.2) is 12.1 Å². The van der Waals surface area contributed by atoms with Crippen LogP contribution in [0.4, 0.5) is 15.8 Å². The number of hydrogen-bond acceptors (Lipinski definition) is 3. The van der Waals surface area contributed by atoms with Gasteiger partial charge in [-0.2, -0.15) is 0 Å². The summed E-state index contributed by atoms with van der Waals surface area (Å²) in [7, 11) is 0. The molecule has 4 heteroatoms. The van der Waals surface area contributed by atoms with E-state index in [1.165, 1.54) is 25.5 Å². The Balaban J connectivity index is 1.91. The molecule has 2 aliphatic heterocycles. The number of piperazine rings is 1. The molecule has 2 aliphatic rings. The third-order valence-corrected chi connectivity index (χ3v) is 4.55. The maximum Gasteiger partial charge on any atom is 0.128 e.